The monoisotopic (exact) mass is 723 g/mol. The average molecular weight is 724 g/mol. The molecule has 4 aliphatic rings. The molecule has 55 heavy (non-hydrogen) atoms. The van der Waals surface area contributed by atoms with Crippen molar-refractivity contribution in [2.75, 3.05) is 5.73 Å². The lowest BCUT2D eigenvalue weighted by atomic mass is 9.73. The maximum atomic E-state index is 10.2. The number of nitrogens with two attached hydrogens (primary N) is 1. The van der Waals surface area contributed by atoms with E-state index in [4.69, 9.17) is 5.73 Å². The van der Waals surface area contributed by atoms with Gasteiger partial charge >= 0.3 is 0 Å². The first-order chi connectivity index (χ1) is 26.8. The van der Waals surface area contributed by atoms with Crippen LogP contribution < -0.4 is 5.73 Å². The summed E-state index contributed by atoms with van der Waals surface area (Å²) < 4.78 is 0. The van der Waals surface area contributed by atoms with Crippen LogP contribution in [0.2, 0.25) is 0 Å². The molecule has 278 valence electrons. The van der Waals surface area contributed by atoms with Crippen molar-refractivity contribution in [1.29, 1.82) is 0 Å². The quantitative estimate of drug-likeness (QED) is 0.145. The third-order valence-corrected chi connectivity index (χ3v) is 13.2. The van der Waals surface area contributed by atoms with Crippen molar-refractivity contribution in [3.05, 3.63) is 193 Å². The summed E-state index contributed by atoms with van der Waals surface area (Å²) in [6.45, 7) is 8.60. The van der Waals surface area contributed by atoms with Crippen LogP contribution in [-0.2, 0) is 49.4 Å². The lowest BCUT2D eigenvalue weighted by molar-refractivity contribution is 0.111. The van der Waals surface area contributed by atoms with Crippen molar-refractivity contribution in [3.8, 4) is 0 Å². The van der Waals surface area contributed by atoms with Gasteiger partial charge in [0, 0.05) is 34.6 Å². The molecule has 2 heterocycles. The molecule has 4 aromatic carbocycles. The fourth-order valence-corrected chi connectivity index (χ4v) is 10.9. The number of aromatic nitrogens is 2. The van der Waals surface area contributed by atoms with Gasteiger partial charge in [-0.1, -0.05) is 78.9 Å². The summed E-state index contributed by atoms with van der Waals surface area (Å²) in [5.74, 6) is 0. The second-order valence-electron chi connectivity index (χ2n) is 16.3. The number of nitrogen functional groups attached to an aromatic ring is 1. The van der Waals surface area contributed by atoms with Gasteiger partial charge in [-0.05, 0) is 182 Å². The van der Waals surface area contributed by atoms with Crippen LogP contribution in [0, 0.1) is 27.7 Å². The number of aldehydes is 1. The Balaban J connectivity index is 0.000000132. The highest BCUT2D eigenvalue weighted by Gasteiger charge is 2.47. The van der Waals surface area contributed by atoms with Crippen molar-refractivity contribution < 1.29 is 4.79 Å². The van der Waals surface area contributed by atoms with Crippen LogP contribution >= 0.6 is 0 Å². The molecule has 2 spiro atoms. The Labute approximate surface area is 327 Å². The van der Waals surface area contributed by atoms with Crippen LogP contribution in [0.15, 0.2) is 109 Å². The molecule has 0 unspecified atom stereocenters. The predicted octanol–water partition coefficient (Wildman–Crippen LogP) is 10.6. The molecular formula is C51H53N3O. The summed E-state index contributed by atoms with van der Waals surface area (Å²) >= 11 is 0. The number of hydrogen-bond acceptors (Lipinski definition) is 4. The van der Waals surface area contributed by atoms with Gasteiger partial charge in [-0.2, -0.15) is 0 Å². The molecule has 0 amide bonds. The smallest absolute Gasteiger partial charge is 0.168 e. The number of aryl methyl sites for hydroxylation is 10. The molecule has 2 N–H and O–H groups in total. The van der Waals surface area contributed by atoms with Crippen molar-refractivity contribution in [2.24, 2.45) is 0 Å². The minimum Gasteiger partial charge on any atom is -0.398 e. The van der Waals surface area contributed by atoms with Gasteiger partial charge in [0.2, 0.25) is 0 Å². The number of nitrogens with zero attached hydrogens (tertiary/aromatic N) is 2. The van der Waals surface area contributed by atoms with E-state index in [-0.39, 0.29) is 10.8 Å². The SMILES string of the molecule is Cc1cccc2c1[C@@]1(CC2)CCc2cccc(N)c21.Cc1cccnc1C=O.Cc1cccnc1CCc1cccc2c1[C@]1(CCc3cccc(C)c31)CC2. The first-order valence-electron chi connectivity index (χ1n) is 20.2. The van der Waals surface area contributed by atoms with Gasteiger partial charge in [-0.3, -0.25) is 14.8 Å². The second kappa shape index (κ2) is 15.1. The lowest BCUT2D eigenvalue weighted by Gasteiger charge is -2.30. The zero-order valence-corrected chi connectivity index (χ0v) is 32.9. The van der Waals surface area contributed by atoms with Crippen LogP contribution in [0.3, 0.4) is 0 Å². The molecule has 0 saturated heterocycles. The molecule has 4 aliphatic carbocycles. The Kier molecular flexibility index (Phi) is 10.0. The number of benzene rings is 4. The Hall–Kier alpha value is -5.35. The van der Waals surface area contributed by atoms with E-state index in [9.17, 15) is 4.79 Å². The van der Waals surface area contributed by atoms with Crippen molar-refractivity contribution in [3.63, 3.8) is 0 Å². The number of carbonyl (C=O) groups excluding carboxylic acids is 1. The Morgan fingerprint density at radius 1 is 0.527 bits per heavy atom. The zero-order valence-electron chi connectivity index (χ0n) is 32.9. The normalized spacial score (nSPS) is 19.5. The number of hydrogen-bond donors (Lipinski definition) is 1. The van der Waals surface area contributed by atoms with Crippen molar-refractivity contribution in [2.45, 2.75) is 103 Å². The van der Waals surface area contributed by atoms with Crippen molar-refractivity contribution >= 4 is 12.0 Å². The molecule has 6 aromatic rings. The molecule has 10 rings (SSSR count). The van der Waals surface area contributed by atoms with E-state index in [0.717, 1.165) is 30.4 Å². The summed E-state index contributed by atoms with van der Waals surface area (Å²) in [6.07, 6.45) is 16.2. The fraction of sp³-hybridized carbons (Fsp3) is 0.314. The van der Waals surface area contributed by atoms with Gasteiger partial charge in [0.15, 0.2) is 6.29 Å². The third kappa shape index (κ3) is 6.50. The second-order valence-corrected chi connectivity index (χ2v) is 16.3. The third-order valence-electron chi connectivity index (χ3n) is 13.2. The summed E-state index contributed by atoms with van der Waals surface area (Å²) in [4.78, 5) is 18.6. The highest BCUT2D eigenvalue weighted by atomic mass is 16.1. The van der Waals surface area contributed by atoms with Crippen molar-refractivity contribution in [1.82, 2.24) is 9.97 Å². The Morgan fingerprint density at radius 2 is 1.00 bits per heavy atom. The number of rotatable bonds is 4. The highest BCUT2D eigenvalue weighted by Crippen LogP contribution is 2.56. The van der Waals surface area contributed by atoms with Gasteiger partial charge in [0.1, 0.15) is 5.69 Å². The highest BCUT2D eigenvalue weighted by molar-refractivity contribution is 5.73. The van der Waals surface area contributed by atoms with E-state index in [1.165, 1.54) is 90.4 Å². The molecule has 2 aromatic heterocycles. The molecule has 0 saturated carbocycles. The first kappa shape index (κ1) is 36.6. The molecule has 4 nitrogen and oxygen atoms in total. The predicted molar refractivity (Wildman–Crippen MR) is 225 cm³/mol. The summed E-state index contributed by atoms with van der Waals surface area (Å²) in [6, 6.07) is 35.0. The number of carbonyl (C=O) groups is 1. The maximum absolute atomic E-state index is 10.2. The van der Waals surface area contributed by atoms with E-state index in [2.05, 4.69) is 110 Å². The largest absolute Gasteiger partial charge is 0.398 e. The standard InChI is InChI=1S/C26H27N.C18H19N.C7H7NO/c1-18-7-5-17-27-23(18)12-11-20-9-4-10-22-14-16-26(25(20)22)15-13-21-8-3-6-19(2)24(21)26;1-12-4-2-5-13-8-10-18(16(12)13)11-9-14-6-3-7-15(19)17(14)18;1-6-3-2-4-8-7(6)5-9/h3-10,17H,11-16H2,1-2H3;2-7H,8-11,19H2,1H3;2-5H,1H3/t26-;18-;/m11./s1. The van der Waals surface area contributed by atoms with Crippen LogP contribution in [0.5, 0.6) is 0 Å². The molecule has 4 heteroatoms. The van der Waals surface area contributed by atoms with Gasteiger partial charge < -0.3 is 5.73 Å². The zero-order chi connectivity index (χ0) is 38.2. The number of pyridine rings is 2. The summed E-state index contributed by atoms with van der Waals surface area (Å²) in [7, 11) is 0. The molecule has 0 radical (unpaired) electrons. The minimum absolute atomic E-state index is 0.210. The topological polar surface area (TPSA) is 68.9 Å². The minimum atomic E-state index is 0.210. The first-order valence-corrected chi connectivity index (χ1v) is 20.2. The lowest BCUT2D eigenvalue weighted by Crippen LogP contribution is -2.24. The Bertz CT molecular complexity index is 2330. The van der Waals surface area contributed by atoms with Crippen LogP contribution in [0.1, 0.15) is 114 Å². The molecule has 2 atom stereocenters. The molecular weight excluding hydrogens is 671 g/mol. The van der Waals surface area contributed by atoms with Crippen LogP contribution in [0.25, 0.3) is 0 Å². The van der Waals surface area contributed by atoms with Crippen LogP contribution in [0.4, 0.5) is 5.69 Å². The van der Waals surface area contributed by atoms with E-state index < -0.39 is 0 Å². The van der Waals surface area contributed by atoms with Gasteiger partial charge in [-0.15, -0.1) is 0 Å². The maximum Gasteiger partial charge on any atom is 0.168 e. The Morgan fingerprint density at radius 3 is 1.55 bits per heavy atom. The van der Waals surface area contributed by atoms with Gasteiger partial charge in [-0.25, -0.2) is 0 Å². The molecule has 0 fully saturated rings. The molecule has 0 bridgehead atoms. The van der Waals surface area contributed by atoms with E-state index in [0.29, 0.717) is 5.69 Å². The number of anilines is 1. The summed E-state index contributed by atoms with van der Waals surface area (Å²) in [5, 5.41) is 0. The van der Waals surface area contributed by atoms with E-state index in [1.54, 1.807) is 39.6 Å². The summed E-state index contributed by atoms with van der Waals surface area (Å²) in [5.41, 5.74) is 28.7. The van der Waals surface area contributed by atoms with Gasteiger partial charge in [0.05, 0.1) is 0 Å². The average Bonchev–Trinajstić information content (AvgIpc) is 3.98. The number of fused-ring (bicyclic) bond motifs is 8. The van der Waals surface area contributed by atoms with E-state index in [1.807, 2.05) is 31.3 Å². The van der Waals surface area contributed by atoms with E-state index >= 15 is 0 Å². The van der Waals surface area contributed by atoms with Gasteiger partial charge in [0.25, 0.3) is 0 Å². The van der Waals surface area contributed by atoms with Crippen LogP contribution in [-0.4, -0.2) is 16.3 Å². The fourth-order valence-electron chi connectivity index (χ4n) is 10.9. The molecule has 0 aliphatic heterocycles.